The third-order valence-corrected chi connectivity index (χ3v) is 8.17. The lowest BCUT2D eigenvalue weighted by molar-refractivity contribution is -0.0546. The van der Waals surface area contributed by atoms with E-state index in [-0.39, 0.29) is 24.2 Å². The lowest BCUT2D eigenvalue weighted by atomic mass is 9.65. The van der Waals surface area contributed by atoms with Crippen molar-refractivity contribution in [2.45, 2.75) is 55.5 Å². The smallest absolute Gasteiger partial charge is 0.255 e. The number of rotatable bonds is 4. The van der Waals surface area contributed by atoms with Gasteiger partial charge in [-0.15, -0.1) is 0 Å². The number of pyridine rings is 1. The van der Waals surface area contributed by atoms with Gasteiger partial charge in [0.1, 0.15) is 5.82 Å². The summed E-state index contributed by atoms with van der Waals surface area (Å²) in [6.45, 7) is 0.320. The number of halogens is 1. The van der Waals surface area contributed by atoms with E-state index in [1.165, 1.54) is 12.1 Å². The van der Waals surface area contributed by atoms with Crippen molar-refractivity contribution in [1.29, 1.82) is 5.26 Å². The van der Waals surface area contributed by atoms with Crippen molar-refractivity contribution < 1.29 is 19.4 Å². The van der Waals surface area contributed by atoms with E-state index < -0.39 is 11.0 Å². The highest BCUT2D eigenvalue weighted by atomic mass is 19.1. The number of hydrogen-bond donors (Lipinski definition) is 2. The van der Waals surface area contributed by atoms with Crippen LogP contribution in [0.1, 0.15) is 65.9 Å². The summed E-state index contributed by atoms with van der Waals surface area (Å²) in [5.74, 6) is -0.586. The number of aliphatic hydroxyl groups excluding tert-OH is 1. The van der Waals surface area contributed by atoms with Crippen molar-refractivity contribution in [3.05, 3.63) is 77.2 Å². The van der Waals surface area contributed by atoms with Crippen LogP contribution >= 0.6 is 0 Å². The number of aliphatic hydroxyl groups is 2. The number of likely N-dealkylation sites (tertiary alicyclic amines) is 1. The van der Waals surface area contributed by atoms with Crippen LogP contribution < -0.4 is 0 Å². The molecule has 1 saturated carbocycles. The Labute approximate surface area is 210 Å². The number of carbonyl (C=O) groups excluding carboxylic acids is 1. The van der Waals surface area contributed by atoms with Gasteiger partial charge in [-0.2, -0.15) is 5.26 Å². The Bertz CT molecular complexity index is 1300. The number of piperidine rings is 1. The topological polar surface area (TPSA) is 97.5 Å². The van der Waals surface area contributed by atoms with Crippen molar-refractivity contribution >= 4 is 16.8 Å². The van der Waals surface area contributed by atoms with Gasteiger partial charge in [0.2, 0.25) is 0 Å². The van der Waals surface area contributed by atoms with Gasteiger partial charge in [-0.3, -0.25) is 9.78 Å². The van der Waals surface area contributed by atoms with Crippen molar-refractivity contribution in [2.75, 3.05) is 19.7 Å². The first kappa shape index (κ1) is 24.4. The standard InChI is InChI=1S/C29H30FN3O3/c30-22-6-7-25-23(16-22)26(20-8-10-28(18-31,11-9-20)21-4-2-1-3-5-21)24(17-32-25)27(35)33-14-12-29(36,19-34)13-15-33/h1-7,16-17,20,34,36H,8-15,19H2. The van der Waals surface area contributed by atoms with E-state index in [0.717, 1.165) is 11.1 Å². The van der Waals surface area contributed by atoms with E-state index in [4.69, 9.17) is 0 Å². The number of fused-ring (bicyclic) bond motifs is 1. The predicted octanol–water partition coefficient (Wildman–Crippen LogP) is 4.45. The van der Waals surface area contributed by atoms with Gasteiger partial charge in [0, 0.05) is 24.7 Å². The quantitative estimate of drug-likeness (QED) is 0.567. The minimum absolute atomic E-state index is 0.0133. The van der Waals surface area contributed by atoms with Gasteiger partial charge in [0.05, 0.1) is 34.8 Å². The zero-order valence-corrected chi connectivity index (χ0v) is 20.2. The first-order valence-corrected chi connectivity index (χ1v) is 12.6. The Morgan fingerprint density at radius 2 is 1.81 bits per heavy atom. The van der Waals surface area contributed by atoms with Gasteiger partial charge in [-0.1, -0.05) is 30.3 Å². The van der Waals surface area contributed by atoms with Crippen LogP contribution in [-0.2, 0) is 5.41 Å². The molecule has 1 amide bonds. The lowest BCUT2D eigenvalue weighted by Crippen LogP contribution is -2.48. The SMILES string of the molecule is N#CC1(c2ccccc2)CCC(c2c(C(=O)N3CCC(O)(CO)CC3)cnc3ccc(F)cc23)CC1. The highest BCUT2D eigenvalue weighted by molar-refractivity contribution is 6.00. The van der Waals surface area contributed by atoms with Crippen LogP contribution in [-0.4, -0.2) is 51.3 Å². The number of nitrogens with zero attached hydrogens (tertiary/aromatic N) is 3. The first-order valence-electron chi connectivity index (χ1n) is 12.6. The molecule has 2 fully saturated rings. The molecular weight excluding hydrogens is 457 g/mol. The minimum atomic E-state index is -1.16. The number of benzene rings is 2. The van der Waals surface area contributed by atoms with Crippen LogP contribution in [0.25, 0.3) is 10.9 Å². The van der Waals surface area contributed by atoms with Crippen LogP contribution in [0.4, 0.5) is 4.39 Å². The Balaban J connectivity index is 1.49. The van der Waals surface area contributed by atoms with Crippen molar-refractivity contribution in [3.8, 4) is 6.07 Å². The van der Waals surface area contributed by atoms with E-state index in [9.17, 15) is 24.7 Å². The second-order valence-electron chi connectivity index (χ2n) is 10.3. The van der Waals surface area contributed by atoms with Crippen LogP contribution in [0, 0.1) is 17.1 Å². The summed E-state index contributed by atoms with van der Waals surface area (Å²) in [5.41, 5.74) is 1.17. The van der Waals surface area contributed by atoms with Gasteiger partial charge in [-0.05, 0) is 73.8 Å². The molecule has 1 aliphatic carbocycles. The van der Waals surface area contributed by atoms with E-state index in [2.05, 4.69) is 11.1 Å². The maximum absolute atomic E-state index is 14.4. The van der Waals surface area contributed by atoms with E-state index in [1.807, 2.05) is 30.3 Å². The highest BCUT2D eigenvalue weighted by Gasteiger charge is 2.40. The molecule has 1 aromatic heterocycles. The monoisotopic (exact) mass is 487 g/mol. The van der Waals surface area contributed by atoms with Gasteiger partial charge < -0.3 is 15.1 Å². The predicted molar refractivity (Wildman–Crippen MR) is 134 cm³/mol. The molecule has 0 unspecified atom stereocenters. The molecule has 0 bridgehead atoms. The maximum Gasteiger partial charge on any atom is 0.255 e. The zero-order chi connectivity index (χ0) is 25.3. The second-order valence-corrected chi connectivity index (χ2v) is 10.3. The molecule has 2 aromatic carbocycles. The van der Waals surface area contributed by atoms with Crippen LogP contribution in [0.15, 0.2) is 54.7 Å². The van der Waals surface area contributed by atoms with Gasteiger partial charge >= 0.3 is 0 Å². The molecule has 0 atom stereocenters. The zero-order valence-electron chi connectivity index (χ0n) is 20.2. The average molecular weight is 488 g/mol. The summed E-state index contributed by atoms with van der Waals surface area (Å²) < 4.78 is 14.4. The fraction of sp³-hybridized carbons (Fsp3) is 0.414. The summed E-state index contributed by atoms with van der Waals surface area (Å²) in [6.07, 6.45) is 4.88. The molecule has 7 heteroatoms. The summed E-state index contributed by atoms with van der Waals surface area (Å²) in [7, 11) is 0. The molecule has 2 aliphatic rings. The molecule has 3 aromatic rings. The average Bonchev–Trinajstić information content (AvgIpc) is 2.93. The summed E-state index contributed by atoms with van der Waals surface area (Å²) in [5, 5.41) is 30.6. The van der Waals surface area contributed by atoms with Gasteiger partial charge in [-0.25, -0.2) is 4.39 Å². The second kappa shape index (κ2) is 9.61. The molecule has 1 aliphatic heterocycles. The molecular formula is C29H30FN3O3. The van der Waals surface area contributed by atoms with E-state index in [0.29, 0.717) is 68.1 Å². The molecule has 5 rings (SSSR count). The third-order valence-electron chi connectivity index (χ3n) is 8.17. The van der Waals surface area contributed by atoms with Crippen LogP contribution in [0.3, 0.4) is 0 Å². The van der Waals surface area contributed by atoms with E-state index in [1.54, 1.807) is 17.2 Å². The molecule has 2 heterocycles. The molecule has 186 valence electrons. The first-order chi connectivity index (χ1) is 17.4. The molecule has 6 nitrogen and oxygen atoms in total. The highest BCUT2D eigenvalue weighted by Crippen LogP contribution is 2.47. The molecule has 1 saturated heterocycles. The number of nitriles is 1. The van der Waals surface area contributed by atoms with E-state index >= 15 is 0 Å². The fourth-order valence-electron chi connectivity index (χ4n) is 5.87. The molecule has 2 N–H and O–H groups in total. The number of amides is 1. The maximum atomic E-state index is 14.4. The Kier molecular flexibility index (Phi) is 6.50. The normalized spacial score (nSPS) is 23.8. The Hall–Kier alpha value is -3.34. The molecule has 0 radical (unpaired) electrons. The Morgan fingerprint density at radius 3 is 2.44 bits per heavy atom. The Morgan fingerprint density at radius 1 is 1.11 bits per heavy atom. The summed E-state index contributed by atoms with van der Waals surface area (Å²) in [6, 6.07) is 16.9. The van der Waals surface area contributed by atoms with Crippen LogP contribution in [0.5, 0.6) is 0 Å². The van der Waals surface area contributed by atoms with Crippen molar-refractivity contribution in [2.24, 2.45) is 0 Å². The molecule has 0 spiro atoms. The molecule has 36 heavy (non-hydrogen) atoms. The van der Waals surface area contributed by atoms with Gasteiger partial charge in [0.25, 0.3) is 5.91 Å². The summed E-state index contributed by atoms with van der Waals surface area (Å²) in [4.78, 5) is 19.8. The minimum Gasteiger partial charge on any atom is -0.393 e. The van der Waals surface area contributed by atoms with Crippen molar-refractivity contribution in [3.63, 3.8) is 0 Å². The number of carbonyl (C=O) groups is 1. The van der Waals surface area contributed by atoms with Crippen molar-refractivity contribution in [1.82, 2.24) is 9.88 Å². The number of aromatic nitrogens is 1. The fourth-order valence-corrected chi connectivity index (χ4v) is 5.87. The van der Waals surface area contributed by atoms with Gasteiger partial charge in [0.15, 0.2) is 0 Å². The summed E-state index contributed by atoms with van der Waals surface area (Å²) >= 11 is 0. The largest absolute Gasteiger partial charge is 0.393 e. The third kappa shape index (κ3) is 4.36. The lowest BCUT2D eigenvalue weighted by Gasteiger charge is -2.38. The van der Waals surface area contributed by atoms with Crippen LogP contribution in [0.2, 0.25) is 0 Å². The number of hydrogen-bond acceptors (Lipinski definition) is 5.